The first kappa shape index (κ1) is 8.83. The zero-order valence-electron chi connectivity index (χ0n) is 7.90. The first-order valence-electron chi connectivity index (χ1n) is 4.98. The molecule has 0 N–H and O–H groups in total. The van der Waals surface area contributed by atoms with Crippen LogP contribution in [0.3, 0.4) is 0 Å². The van der Waals surface area contributed by atoms with Crippen molar-refractivity contribution in [2.24, 2.45) is 5.41 Å². The maximum absolute atomic E-state index is 2.38. The van der Waals surface area contributed by atoms with Crippen LogP contribution in [0.1, 0.15) is 52.4 Å². The molecule has 0 aliphatic heterocycles. The average molecular weight is 152 g/mol. The zero-order valence-corrected chi connectivity index (χ0v) is 7.90. The Morgan fingerprint density at radius 3 is 2.55 bits per heavy atom. The molecule has 0 heteroatoms. The zero-order chi connectivity index (χ0) is 8.16. The third-order valence-corrected chi connectivity index (χ3v) is 3.09. The van der Waals surface area contributed by atoms with Crippen LogP contribution in [0.25, 0.3) is 0 Å². The van der Waals surface area contributed by atoms with Gasteiger partial charge in [-0.25, -0.2) is 0 Å². The van der Waals surface area contributed by atoms with Gasteiger partial charge in [0.25, 0.3) is 0 Å². The van der Waals surface area contributed by atoms with Crippen LogP contribution in [-0.2, 0) is 0 Å². The van der Waals surface area contributed by atoms with E-state index in [2.05, 4.69) is 26.0 Å². The van der Waals surface area contributed by atoms with E-state index >= 15 is 0 Å². The lowest BCUT2D eigenvalue weighted by Gasteiger charge is -2.33. The summed E-state index contributed by atoms with van der Waals surface area (Å²) in [6, 6.07) is 0. The van der Waals surface area contributed by atoms with Gasteiger partial charge in [-0.15, -0.1) is 0 Å². The summed E-state index contributed by atoms with van der Waals surface area (Å²) in [5.74, 6) is 0. The van der Waals surface area contributed by atoms with Crippen LogP contribution in [-0.4, -0.2) is 0 Å². The molecule has 0 saturated heterocycles. The van der Waals surface area contributed by atoms with Crippen molar-refractivity contribution >= 4 is 0 Å². The largest absolute Gasteiger partial charge is 0.0885 e. The molecule has 0 fully saturated rings. The van der Waals surface area contributed by atoms with Crippen molar-refractivity contribution in [2.75, 3.05) is 0 Å². The van der Waals surface area contributed by atoms with E-state index in [0.29, 0.717) is 5.41 Å². The molecule has 0 nitrogen and oxygen atoms in total. The number of rotatable bonds is 3. The van der Waals surface area contributed by atoms with Gasteiger partial charge in [0.2, 0.25) is 0 Å². The second kappa shape index (κ2) is 3.94. The van der Waals surface area contributed by atoms with Gasteiger partial charge in [-0.05, 0) is 31.1 Å². The lowest BCUT2D eigenvalue weighted by Crippen LogP contribution is -2.20. The Kier molecular flexibility index (Phi) is 3.16. The lowest BCUT2D eigenvalue weighted by molar-refractivity contribution is 0.223. The van der Waals surface area contributed by atoms with Gasteiger partial charge in [-0.2, -0.15) is 0 Å². The highest BCUT2D eigenvalue weighted by Gasteiger charge is 2.26. The van der Waals surface area contributed by atoms with Gasteiger partial charge in [0.15, 0.2) is 0 Å². The van der Waals surface area contributed by atoms with Gasteiger partial charge in [-0.1, -0.05) is 38.8 Å². The van der Waals surface area contributed by atoms with E-state index in [1.807, 2.05) is 0 Å². The van der Waals surface area contributed by atoms with Gasteiger partial charge in [0.05, 0.1) is 0 Å². The van der Waals surface area contributed by atoms with E-state index in [4.69, 9.17) is 0 Å². The highest BCUT2D eigenvalue weighted by Crippen LogP contribution is 2.39. The molecule has 0 bridgehead atoms. The molecular weight excluding hydrogens is 132 g/mol. The molecular formula is C11H20. The molecule has 1 aliphatic rings. The van der Waals surface area contributed by atoms with Crippen molar-refractivity contribution in [3.05, 3.63) is 12.2 Å². The highest BCUT2D eigenvalue weighted by atomic mass is 14.3. The Balaban J connectivity index is 2.51. The Hall–Kier alpha value is -0.260. The Morgan fingerprint density at radius 1 is 1.27 bits per heavy atom. The first-order valence-corrected chi connectivity index (χ1v) is 4.98. The van der Waals surface area contributed by atoms with Crippen LogP contribution in [0.2, 0.25) is 0 Å². The molecule has 0 aromatic rings. The molecule has 1 aliphatic carbocycles. The maximum atomic E-state index is 2.38. The summed E-state index contributed by atoms with van der Waals surface area (Å²) < 4.78 is 0. The molecule has 1 atom stereocenters. The Bertz CT molecular complexity index is 135. The van der Waals surface area contributed by atoms with Crippen molar-refractivity contribution < 1.29 is 0 Å². The first-order chi connectivity index (χ1) is 5.33. The predicted octanol–water partition coefficient (Wildman–Crippen LogP) is 3.92. The smallest absolute Gasteiger partial charge is 0.0263 e. The van der Waals surface area contributed by atoms with Gasteiger partial charge >= 0.3 is 0 Å². The second-order valence-corrected chi connectivity index (χ2v) is 3.82. The molecule has 0 amide bonds. The summed E-state index contributed by atoms with van der Waals surface area (Å²) in [5.41, 5.74) is 0.684. The van der Waals surface area contributed by atoms with E-state index in [1.54, 1.807) is 0 Å². The molecule has 0 radical (unpaired) electrons. The number of hydrogen-bond donors (Lipinski definition) is 0. The molecule has 0 saturated carbocycles. The molecule has 1 unspecified atom stereocenters. The van der Waals surface area contributed by atoms with Crippen LogP contribution < -0.4 is 0 Å². The number of hydrogen-bond acceptors (Lipinski definition) is 0. The van der Waals surface area contributed by atoms with E-state index in [1.165, 1.54) is 38.5 Å². The minimum Gasteiger partial charge on any atom is -0.0885 e. The normalized spacial score (nSPS) is 30.7. The fraction of sp³-hybridized carbons (Fsp3) is 0.818. The maximum Gasteiger partial charge on any atom is -0.0263 e. The monoisotopic (exact) mass is 152 g/mol. The SMILES string of the molecule is CCCC1(CC)CC=CCC1. The van der Waals surface area contributed by atoms with Gasteiger partial charge in [-0.3, -0.25) is 0 Å². The van der Waals surface area contributed by atoms with Crippen LogP contribution in [0.5, 0.6) is 0 Å². The standard InChI is InChI=1S/C11H20/c1-3-8-11(4-2)9-6-5-7-10-11/h5-6H,3-4,7-10H2,1-2H3. The summed E-state index contributed by atoms with van der Waals surface area (Å²) >= 11 is 0. The summed E-state index contributed by atoms with van der Waals surface area (Å²) in [7, 11) is 0. The van der Waals surface area contributed by atoms with E-state index < -0.39 is 0 Å². The van der Waals surface area contributed by atoms with Crippen LogP contribution in [0, 0.1) is 5.41 Å². The fourth-order valence-corrected chi connectivity index (χ4v) is 2.20. The molecule has 0 aromatic carbocycles. The van der Waals surface area contributed by atoms with Crippen molar-refractivity contribution in [2.45, 2.75) is 52.4 Å². The molecule has 1 rings (SSSR count). The summed E-state index contributed by atoms with van der Waals surface area (Å²) in [5, 5.41) is 0. The fourth-order valence-electron chi connectivity index (χ4n) is 2.20. The van der Waals surface area contributed by atoms with Crippen molar-refractivity contribution in [1.29, 1.82) is 0 Å². The highest BCUT2D eigenvalue weighted by molar-refractivity contribution is 4.96. The molecule has 11 heavy (non-hydrogen) atoms. The van der Waals surface area contributed by atoms with E-state index in [9.17, 15) is 0 Å². The minimum atomic E-state index is 0.684. The van der Waals surface area contributed by atoms with Crippen molar-refractivity contribution in [3.8, 4) is 0 Å². The Labute approximate surface area is 70.7 Å². The van der Waals surface area contributed by atoms with E-state index in [-0.39, 0.29) is 0 Å². The van der Waals surface area contributed by atoms with Crippen molar-refractivity contribution in [1.82, 2.24) is 0 Å². The summed E-state index contributed by atoms with van der Waals surface area (Å²) in [6.45, 7) is 4.64. The van der Waals surface area contributed by atoms with Crippen molar-refractivity contribution in [3.63, 3.8) is 0 Å². The van der Waals surface area contributed by atoms with E-state index in [0.717, 1.165) is 0 Å². The topological polar surface area (TPSA) is 0 Å². The second-order valence-electron chi connectivity index (χ2n) is 3.82. The van der Waals surface area contributed by atoms with Crippen LogP contribution in [0.15, 0.2) is 12.2 Å². The average Bonchev–Trinajstić information content (AvgIpc) is 2.07. The third-order valence-electron chi connectivity index (χ3n) is 3.09. The predicted molar refractivity (Wildman–Crippen MR) is 50.6 cm³/mol. The van der Waals surface area contributed by atoms with Gasteiger partial charge in [0, 0.05) is 0 Å². The summed E-state index contributed by atoms with van der Waals surface area (Å²) in [6.07, 6.45) is 12.9. The third kappa shape index (κ3) is 2.08. The summed E-state index contributed by atoms with van der Waals surface area (Å²) in [4.78, 5) is 0. The minimum absolute atomic E-state index is 0.684. The molecule has 0 heterocycles. The molecule has 64 valence electrons. The molecule has 0 aromatic heterocycles. The quantitative estimate of drug-likeness (QED) is 0.538. The number of allylic oxidation sites excluding steroid dienone is 2. The van der Waals surface area contributed by atoms with Crippen LogP contribution in [0.4, 0.5) is 0 Å². The van der Waals surface area contributed by atoms with Crippen LogP contribution >= 0.6 is 0 Å². The van der Waals surface area contributed by atoms with Gasteiger partial charge < -0.3 is 0 Å². The lowest BCUT2D eigenvalue weighted by atomic mass is 9.72. The van der Waals surface area contributed by atoms with Gasteiger partial charge in [0.1, 0.15) is 0 Å². The Morgan fingerprint density at radius 2 is 2.09 bits per heavy atom. The molecule has 0 spiro atoms.